The minimum Gasteiger partial charge on any atom is -0.378 e. The van der Waals surface area contributed by atoms with E-state index in [1.807, 2.05) is 6.07 Å². The monoisotopic (exact) mass is 259 g/mol. The van der Waals surface area contributed by atoms with Crippen LogP contribution in [0.5, 0.6) is 0 Å². The molecule has 1 fully saturated rings. The van der Waals surface area contributed by atoms with Gasteiger partial charge in [0.2, 0.25) is 0 Å². The third-order valence-corrected chi connectivity index (χ3v) is 4.25. The van der Waals surface area contributed by atoms with Gasteiger partial charge >= 0.3 is 0 Å². The van der Waals surface area contributed by atoms with Crippen LogP contribution in [0.2, 0.25) is 4.34 Å². The van der Waals surface area contributed by atoms with Gasteiger partial charge in [-0.15, -0.1) is 11.3 Å². The van der Waals surface area contributed by atoms with Gasteiger partial charge in [0.25, 0.3) is 0 Å². The van der Waals surface area contributed by atoms with E-state index in [9.17, 15) is 0 Å². The number of rotatable bonds is 4. The lowest BCUT2D eigenvalue weighted by Gasteiger charge is -2.29. The first-order valence-corrected chi connectivity index (χ1v) is 7.06. The largest absolute Gasteiger partial charge is 0.378 e. The summed E-state index contributed by atoms with van der Waals surface area (Å²) in [4.78, 5) is 1.31. The Morgan fingerprint density at radius 1 is 1.56 bits per heavy atom. The lowest BCUT2D eigenvalue weighted by molar-refractivity contribution is -0.000275. The van der Waals surface area contributed by atoms with Crippen LogP contribution in [-0.2, 0) is 11.3 Å². The molecule has 2 atom stereocenters. The molecule has 2 rings (SSSR count). The molecule has 0 aromatic carbocycles. The molecule has 0 spiro atoms. The first-order chi connectivity index (χ1) is 7.78. The molecule has 1 N–H and O–H groups in total. The van der Waals surface area contributed by atoms with Gasteiger partial charge in [0.1, 0.15) is 0 Å². The highest BCUT2D eigenvalue weighted by molar-refractivity contribution is 7.16. The molecular weight excluding hydrogens is 242 g/mol. The molecule has 2 heterocycles. The Morgan fingerprint density at radius 3 is 3.12 bits per heavy atom. The van der Waals surface area contributed by atoms with Crippen molar-refractivity contribution in [1.29, 1.82) is 0 Å². The highest BCUT2D eigenvalue weighted by Gasteiger charge is 2.20. The molecule has 1 aromatic heterocycles. The van der Waals surface area contributed by atoms with Crippen molar-refractivity contribution in [3.63, 3.8) is 0 Å². The Hall–Kier alpha value is -0.0900. The fraction of sp³-hybridized carbons (Fsp3) is 0.667. The molecule has 1 saturated heterocycles. The second-order valence-corrected chi connectivity index (χ2v) is 6.01. The minimum atomic E-state index is 0.443. The van der Waals surface area contributed by atoms with Crippen LogP contribution >= 0.6 is 22.9 Å². The summed E-state index contributed by atoms with van der Waals surface area (Å²) in [5, 5.41) is 3.59. The number of hydrogen-bond donors (Lipinski definition) is 1. The lowest BCUT2D eigenvalue weighted by atomic mass is 10.0. The van der Waals surface area contributed by atoms with E-state index in [0.29, 0.717) is 12.1 Å². The maximum absolute atomic E-state index is 5.90. The summed E-state index contributed by atoms with van der Waals surface area (Å²) in [7, 11) is 0. The van der Waals surface area contributed by atoms with Crippen molar-refractivity contribution >= 4 is 22.9 Å². The van der Waals surface area contributed by atoms with Crippen LogP contribution in [0.1, 0.15) is 31.1 Å². The molecule has 4 heteroatoms. The normalized spacial score (nSPS) is 25.9. The molecule has 1 aromatic rings. The second-order valence-electron chi connectivity index (χ2n) is 4.21. The average molecular weight is 260 g/mol. The van der Waals surface area contributed by atoms with E-state index >= 15 is 0 Å². The van der Waals surface area contributed by atoms with E-state index in [0.717, 1.165) is 36.8 Å². The van der Waals surface area contributed by atoms with Gasteiger partial charge in [-0.3, -0.25) is 0 Å². The average Bonchev–Trinajstić information content (AvgIpc) is 2.73. The van der Waals surface area contributed by atoms with Crippen molar-refractivity contribution in [3.05, 3.63) is 21.3 Å². The van der Waals surface area contributed by atoms with E-state index in [1.165, 1.54) is 4.88 Å². The van der Waals surface area contributed by atoms with Crippen molar-refractivity contribution in [3.8, 4) is 0 Å². The van der Waals surface area contributed by atoms with Gasteiger partial charge in [-0.05, 0) is 31.4 Å². The molecule has 0 radical (unpaired) electrons. The number of ether oxygens (including phenoxy) is 1. The first kappa shape index (κ1) is 12.4. The van der Waals surface area contributed by atoms with Crippen molar-refractivity contribution in [2.24, 2.45) is 0 Å². The van der Waals surface area contributed by atoms with Gasteiger partial charge in [0, 0.05) is 24.1 Å². The number of nitrogens with one attached hydrogen (secondary N) is 1. The van der Waals surface area contributed by atoms with Crippen LogP contribution in [0, 0.1) is 0 Å². The van der Waals surface area contributed by atoms with Gasteiger partial charge in [-0.25, -0.2) is 0 Å². The van der Waals surface area contributed by atoms with Crippen molar-refractivity contribution in [2.45, 2.75) is 44.9 Å². The standard InChI is InChI=1S/C12H18ClNOS/c1-2-10-7-9(5-6-15-10)14-8-11-3-4-12(13)16-11/h3-4,9-10,14H,2,5-8H2,1H3. The molecule has 2 nitrogen and oxygen atoms in total. The molecule has 0 amide bonds. The van der Waals surface area contributed by atoms with Crippen LogP contribution < -0.4 is 5.32 Å². The quantitative estimate of drug-likeness (QED) is 0.894. The van der Waals surface area contributed by atoms with Crippen molar-refractivity contribution in [1.82, 2.24) is 5.32 Å². The molecular formula is C12H18ClNOS. The van der Waals surface area contributed by atoms with E-state index in [-0.39, 0.29) is 0 Å². The second kappa shape index (κ2) is 6.01. The zero-order valence-corrected chi connectivity index (χ0v) is 11.1. The molecule has 2 unspecified atom stereocenters. The molecule has 90 valence electrons. The van der Waals surface area contributed by atoms with E-state index in [4.69, 9.17) is 16.3 Å². The molecule has 0 saturated carbocycles. The number of halogens is 1. The molecule has 0 aliphatic carbocycles. The van der Waals surface area contributed by atoms with E-state index in [1.54, 1.807) is 11.3 Å². The van der Waals surface area contributed by atoms with Gasteiger partial charge in [0.15, 0.2) is 0 Å². The SMILES string of the molecule is CCC1CC(NCc2ccc(Cl)s2)CCO1. The lowest BCUT2D eigenvalue weighted by Crippen LogP contribution is -2.38. The minimum absolute atomic E-state index is 0.443. The van der Waals surface area contributed by atoms with Crippen molar-refractivity contribution < 1.29 is 4.74 Å². The third-order valence-electron chi connectivity index (χ3n) is 3.02. The highest BCUT2D eigenvalue weighted by Crippen LogP contribution is 2.22. The fourth-order valence-corrected chi connectivity index (χ4v) is 3.08. The Balaban J connectivity index is 1.77. The predicted molar refractivity (Wildman–Crippen MR) is 69.2 cm³/mol. The van der Waals surface area contributed by atoms with Crippen LogP contribution in [0.3, 0.4) is 0 Å². The fourth-order valence-electron chi connectivity index (χ4n) is 2.04. The molecule has 1 aliphatic heterocycles. The van der Waals surface area contributed by atoms with Crippen LogP contribution in [0.15, 0.2) is 12.1 Å². The summed E-state index contributed by atoms with van der Waals surface area (Å²) in [6, 6.07) is 4.65. The summed E-state index contributed by atoms with van der Waals surface area (Å²) in [6.07, 6.45) is 3.81. The first-order valence-electron chi connectivity index (χ1n) is 5.87. The number of thiophene rings is 1. The summed E-state index contributed by atoms with van der Waals surface area (Å²) in [6.45, 7) is 4.01. The number of hydrogen-bond acceptors (Lipinski definition) is 3. The van der Waals surface area contributed by atoms with Crippen LogP contribution in [-0.4, -0.2) is 18.8 Å². The Bertz CT molecular complexity index is 329. The van der Waals surface area contributed by atoms with Crippen LogP contribution in [0.4, 0.5) is 0 Å². The molecule has 1 aliphatic rings. The molecule has 16 heavy (non-hydrogen) atoms. The smallest absolute Gasteiger partial charge is 0.0931 e. The summed E-state index contributed by atoms with van der Waals surface area (Å²) >= 11 is 7.55. The summed E-state index contributed by atoms with van der Waals surface area (Å²) in [5.41, 5.74) is 0. The summed E-state index contributed by atoms with van der Waals surface area (Å²) < 4.78 is 6.53. The topological polar surface area (TPSA) is 21.3 Å². The zero-order valence-electron chi connectivity index (χ0n) is 9.54. The van der Waals surface area contributed by atoms with Gasteiger partial charge in [0.05, 0.1) is 10.4 Å². The Labute approximate surface area is 106 Å². The zero-order chi connectivity index (χ0) is 11.4. The maximum atomic E-state index is 5.90. The van der Waals surface area contributed by atoms with Crippen LogP contribution in [0.25, 0.3) is 0 Å². The third kappa shape index (κ3) is 3.45. The maximum Gasteiger partial charge on any atom is 0.0931 e. The highest BCUT2D eigenvalue weighted by atomic mass is 35.5. The van der Waals surface area contributed by atoms with Gasteiger partial charge in [-0.1, -0.05) is 18.5 Å². The summed E-state index contributed by atoms with van der Waals surface area (Å²) in [5.74, 6) is 0. The van der Waals surface area contributed by atoms with Crippen molar-refractivity contribution in [2.75, 3.05) is 6.61 Å². The van der Waals surface area contributed by atoms with Gasteiger partial charge in [-0.2, -0.15) is 0 Å². The van der Waals surface area contributed by atoms with Gasteiger partial charge < -0.3 is 10.1 Å². The Kier molecular flexibility index (Phi) is 4.65. The van der Waals surface area contributed by atoms with E-state index in [2.05, 4.69) is 18.3 Å². The Morgan fingerprint density at radius 2 is 2.44 bits per heavy atom. The van der Waals surface area contributed by atoms with E-state index < -0.39 is 0 Å². The molecule has 0 bridgehead atoms. The predicted octanol–water partition coefficient (Wildman–Crippen LogP) is 3.45.